The van der Waals surface area contributed by atoms with Crippen LogP contribution in [0.5, 0.6) is 0 Å². The van der Waals surface area contributed by atoms with Gasteiger partial charge in [0.25, 0.3) is 0 Å². The number of aldehydes is 1. The van der Waals surface area contributed by atoms with Crippen LogP contribution in [0, 0.1) is 28.6 Å². The molecule has 13 atom stereocenters. The maximum absolute atomic E-state index is 13.0. The number of ether oxygens (including phenoxy) is 2. The molecule has 0 amide bonds. The van der Waals surface area contributed by atoms with E-state index in [-0.39, 0.29) is 40.8 Å². The molecule has 5 N–H and O–H groups in total. The van der Waals surface area contributed by atoms with Gasteiger partial charge in [-0.15, -0.1) is 0 Å². The van der Waals surface area contributed by atoms with Gasteiger partial charge in [0.15, 0.2) is 6.29 Å². The van der Waals surface area contributed by atoms with Gasteiger partial charge in [-0.1, -0.05) is 6.92 Å². The molecule has 1 aromatic rings. The maximum atomic E-state index is 13.0. The molecule has 0 bridgehead atoms. The summed E-state index contributed by atoms with van der Waals surface area (Å²) in [6.07, 6.45) is 2.17. The zero-order valence-electron chi connectivity index (χ0n) is 22.9. The van der Waals surface area contributed by atoms with E-state index in [1.165, 1.54) is 12.3 Å². The predicted molar refractivity (Wildman–Crippen MR) is 140 cm³/mol. The topological polar surface area (TPSA) is 167 Å². The average molecular weight is 563 g/mol. The van der Waals surface area contributed by atoms with Crippen LogP contribution < -0.4 is 5.63 Å². The van der Waals surface area contributed by atoms with Crippen LogP contribution >= 0.6 is 0 Å². The Labute approximate surface area is 233 Å². The van der Waals surface area contributed by atoms with E-state index in [2.05, 4.69) is 6.92 Å². The quantitative estimate of drug-likeness (QED) is 0.260. The first kappa shape index (κ1) is 28.5. The lowest BCUT2D eigenvalue weighted by Crippen LogP contribution is -2.63. The number of carbonyl (C=O) groups excluding carboxylic acids is 1. The van der Waals surface area contributed by atoms with Gasteiger partial charge in [-0.05, 0) is 93.1 Å². The van der Waals surface area contributed by atoms with E-state index in [0.717, 1.165) is 44.0 Å². The van der Waals surface area contributed by atoms with E-state index in [1.807, 2.05) is 6.07 Å². The standard InChI is InChI=1S/C30H42O10/c1-28-9-7-20-21(30(28,37)11-8-19(28)16-2-5-23(33)38-14-16)4-3-17-12-18(6-10-29(17,20)15-32)39-27-26(36)25(35)24(34)22(13-31)40-27/h2,5,14-15,17-22,24-27,31,34-37H,3-4,6-13H2,1H3/t17-,18-,19+,20-,21+,22+,24+,25-,26+,27+,28+,29+,30-/m0/s1. The second-order valence-electron chi connectivity index (χ2n) is 13.3. The van der Waals surface area contributed by atoms with E-state index in [4.69, 9.17) is 13.9 Å². The summed E-state index contributed by atoms with van der Waals surface area (Å²) in [5.74, 6) is 0.192. The molecule has 0 unspecified atom stereocenters. The summed E-state index contributed by atoms with van der Waals surface area (Å²) in [5.41, 5.74) is -1.30. The molecule has 2 heterocycles. The third kappa shape index (κ3) is 4.09. The molecule has 4 aliphatic carbocycles. The van der Waals surface area contributed by atoms with Crippen LogP contribution in [-0.2, 0) is 14.3 Å². The van der Waals surface area contributed by atoms with Gasteiger partial charge in [0.2, 0.25) is 0 Å². The number of carbonyl (C=O) groups is 1. The molecule has 0 radical (unpaired) electrons. The second-order valence-corrected chi connectivity index (χ2v) is 13.3. The molecule has 5 fully saturated rings. The Hall–Kier alpha value is -1.66. The molecule has 1 aliphatic heterocycles. The Morgan fingerprint density at radius 2 is 1.80 bits per heavy atom. The lowest BCUT2D eigenvalue weighted by molar-refractivity contribution is -0.316. The van der Waals surface area contributed by atoms with Crippen molar-refractivity contribution >= 4 is 6.29 Å². The van der Waals surface area contributed by atoms with Crippen LogP contribution in [0.25, 0.3) is 0 Å². The minimum absolute atomic E-state index is 0.00339. The summed E-state index contributed by atoms with van der Waals surface area (Å²) in [7, 11) is 0. The fraction of sp³-hybridized carbons (Fsp3) is 0.800. The van der Waals surface area contributed by atoms with E-state index >= 15 is 0 Å². The van der Waals surface area contributed by atoms with Gasteiger partial charge < -0.3 is 44.2 Å². The van der Waals surface area contributed by atoms with Crippen LogP contribution in [0.2, 0.25) is 0 Å². The van der Waals surface area contributed by atoms with Gasteiger partial charge in [0.1, 0.15) is 30.7 Å². The van der Waals surface area contributed by atoms with Gasteiger partial charge in [-0.25, -0.2) is 4.79 Å². The minimum atomic E-state index is -1.50. The van der Waals surface area contributed by atoms with Gasteiger partial charge in [-0.3, -0.25) is 0 Å². The fourth-order valence-electron chi connectivity index (χ4n) is 9.71. The molecule has 40 heavy (non-hydrogen) atoms. The molecular weight excluding hydrogens is 520 g/mol. The lowest BCUT2D eigenvalue weighted by Gasteiger charge is -2.63. The highest BCUT2D eigenvalue weighted by molar-refractivity contribution is 5.62. The van der Waals surface area contributed by atoms with E-state index in [9.17, 15) is 35.1 Å². The summed E-state index contributed by atoms with van der Waals surface area (Å²) in [4.78, 5) is 24.5. The highest BCUT2D eigenvalue weighted by Gasteiger charge is 2.68. The van der Waals surface area contributed by atoms with Crippen LogP contribution in [-0.4, -0.2) is 80.8 Å². The SMILES string of the molecule is C[C@]12CC[C@H]3[C@@H](CC[C@H]4C[C@@H](O[C@@H]5O[C@H](CO)[C@@H](O)[C@H](O)[C@H]5O)CC[C@@]43C=O)[C@@]1(O)CC[C@@H]2c1ccc(=O)oc1. The summed E-state index contributed by atoms with van der Waals surface area (Å²) in [5, 5.41) is 52.6. The minimum Gasteiger partial charge on any atom is -0.431 e. The van der Waals surface area contributed by atoms with Crippen LogP contribution in [0.4, 0.5) is 0 Å². The normalized spacial score (nSPS) is 50.5. The van der Waals surface area contributed by atoms with Crippen molar-refractivity contribution in [3.8, 4) is 0 Å². The largest absolute Gasteiger partial charge is 0.431 e. The van der Waals surface area contributed by atoms with Crippen LogP contribution in [0.3, 0.4) is 0 Å². The number of aliphatic hydroxyl groups excluding tert-OH is 4. The van der Waals surface area contributed by atoms with Gasteiger partial charge in [0, 0.05) is 16.9 Å². The molecule has 10 heteroatoms. The van der Waals surface area contributed by atoms with Crippen molar-refractivity contribution in [1.29, 1.82) is 0 Å². The van der Waals surface area contributed by atoms with Crippen molar-refractivity contribution in [2.45, 2.75) is 113 Å². The summed E-state index contributed by atoms with van der Waals surface area (Å²) in [6.45, 7) is 1.65. The number of hydrogen-bond donors (Lipinski definition) is 5. The number of rotatable bonds is 5. The predicted octanol–water partition coefficient (Wildman–Crippen LogP) is 1.25. The molecule has 1 saturated heterocycles. The summed E-state index contributed by atoms with van der Waals surface area (Å²) in [6, 6.07) is 3.26. The first-order chi connectivity index (χ1) is 19.1. The Kier molecular flexibility index (Phi) is 7.30. The Balaban J connectivity index is 1.19. The van der Waals surface area contributed by atoms with Crippen molar-refractivity contribution in [3.63, 3.8) is 0 Å². The fourth-order valence-corrected chi connectivity index (χ4v) is 9.71. The highest BCUT2D eigenvalue weighted by atomic mass is 16.7. The smallest absolute Gasteiger partial charge is 0.335 e. The Morgan fingerprint density at radius 3 is 2.50 bits per heavy atom. The van der Waals surface area contributed by atoms with Crippen molar-refractivity contribution in [1.82, 2.24) is 0 Å². The van der Waals surface area contributed by atoms with Crippen LogP contribution in [0.1, 0.15) is 76.2 Å². The number of aliphatic hydroxyl groups is 5. The van der Waals surface area contributed by atoms with Crippen molar-refractivity contribution in [2.24, 2.45) is 28.6 Å². The maximum Gasteiger partial charge on any atom is 0.335 e. The zero-order valence-corrected chi connectivity index (χ0v) is 22.9. The Morgan fingerprint density at radius 1 is 1.00 bits per heavy atom. The average Bonchev–Trinajstić information content (AvgIpc) is 3.24. The molecule has 10 nitrogen and oxygen atoms in total. The Bertz CT molecular complexity index is 1130. The van der Waals surface area contributed by atoms with Gasteiger partial charge in [0.05, 0.1) is 24.6 Å². The molecule has 1 aromatic heterocycles. The monoisotopic (exact) mass is 562 g/mol. The summed E-state index contributed by atoms with van der Waals surface area (Å²) < 4.78 is 16.8. The second kappa shape index (κ2) is 10.3. The third-order valence-electron chi connectivity index (χ3n) is 11.9. The van der Waals surface area contributed by atoms with Gasteiger partial charge in [-0.2, -0.15) is 0 Å². The van der Waals surface area contributed by atoms with Crippen molar-refractivity contribution in [2.75, 3.05) is 6.61 Å². The van der Waals surface area contributed by atoms with Crippen LogP contribution in [0.15, 0.2) is 27.6 Å². The van der Waals surface area contributed by atoms with Gasteiger partial charge >= 0.3 is 5.63 Å². The van der Waals surface area contributed by atoms with E-state index < -0.39 is 48.3 Å². The van der Waals surface area contributed by atoms with E-state index in [1.54, 1.807) is 0 Å². The first-order valence-corrected chi connectivity index (χ1v) is 14.8. The molecule has 5 aliphatic rings. The molecule has 0 aromatic carbocycles. The van der Waals surface area contributed by atoms with Crippen molar-refractivity contribution in [3.05, 3.63) is 34.4 Å². The molecule has 0 spiro atoms. The third-order valence-corrected chi connectivity index (χ3v) is 11.9. The zero-order chi connectivity index (χ0) is 28.4. The van der Waals surface area contributed by atoms with Crippen molar-refractivity contribution < 1.29 is 44.2 Å². The lowest BCUT2D eigenvalue weighted by atomic mass is 9.43. The highest BCUT2D eigenvalue weighted by Crippen LogP contribution is 2.70. The molecular formula is C30H42O10. The first-order valence-electron chi connectivity index (χ1n) is 14.8. The number of hydrogen-bond acceptors (Lipinski definition) is 10. The van der Waals surface area contributed by atoms with E-state index in [0.29, 0.717) is 25.7 Å². The number of fused-ring (bicyclic) bond motifs is 5. The molecule has 6 rings (SSSR count). The molecule has 222 valence electrons. The molecule has 4 saturated carbocycles. The summed E-state index contributed by atoms with van der Waals surface area (Å²) >= 11 is 0.